The number of benzene rings is 1. The summed E-state index contributed by atoms with van der Waals surface area (Å²) < 4.78 is 11.5. The molecule has 1 aromatic rings. The Hall–Kier alpha value is -2.38. The Morgan fingerprint density at radius 2 is 1.65 bits per heavy atom. The van der Waals surface area contributed by atoms with Gasteiger partial charge >= 0.3 is 11.9 Å². The van der Waals surface area contributed by atoms with Crippen molar-refractivity contribution in [1.82, 2.24) is 0 Å². The van der Waals surface area contributed by atoms with E-state index in [1.54, 1.807) is 13.0 Å². The first kappa shape index (κ1) is 23.3. The number of aliphatic hydroxyl groups is 2. The molecule has 0 saturated heterocycles. The van der Waals surface area contributed by atoms with Gasteiger partial charge in [-0.25, -0.2) is 4.79 Å². The zero-order valence-electron chi connectivity index (χ0n) is 18.7. The van der Waals surface area contributed by atoms with Crippen molar-refractivity contribution in [2.75, 3.05) is 0 Å². The van der Waals surface area contributed by atoms with Crippen molar-refractivity contribution in [3.8, 4) is 5.75 Å². The molecule has 6 atom stereocenters. The molecule has 0 spiro atoms. The number of ether oxygens (including phenoxy) is 2. The molecule has 0 aromatic heterocycles. The van der Waals surface area contributed by atoms with Crippen LogP contribution in [0.3, 0.4) is 0 Å². The summed E-state index contributed by atoms with van der Waals surface area (Å²) in [5, 5.41) is 32.2. The van der Waals surface area contributed by atoms with Gasteiger partial charge < -0.3 is 24.8 Å². The van der Waals surface area contributed by atoms with E-state index in [1.165, 1.54) is 31.2 Å². The molecule has 2 aliphatic carbocycles. The van der Waals surface area contributed by atoms with E-state index >= 15 is 0 Å². The normalized spacial score (nSPS) is 37.2. The number of hydrogen-bond donors (Lipinski definition) is 3. The average molecular weight is 433 g/mol. The summed E-state index contributed by atoms with van der Waals surface area (Å²) in [5.74, 6) is -1.92. The number of esters is 2. The van der Waals surface area contributed by atoms with Crippen LogP contribution < -0.4 is 0 Å². The lowest BCUT2D eigenvalue weighted by Gasteiger charge is -2.45. The maximum absolute atomic E-state index is 12.9. The van der Waals surface area contributed by atoms with E-state index in [0.717, 1.165) is 0 Å². The van der Waals surface area contributed by atoms with Crippen LogP contribution in [-0.2, 0) is 14.3 Å². The Morgan fingerprint density at radius 3 is 2.19 bits per heavy atom. The van der Waals surface area contributed by atoms with Crippen molar-refractivity contribution in [3.63, 3.8) is 0 Å². The number of phenols is 1. The van der Waals surface area contributed by atoms with Gasteiger partial charge in [-0.2, -0.15) is 0 Å². The Bertz CT molecular complexity index is 872. The fourth-order valence-corrected chi connectivity index (χ4v) is 5.11. The predicted octanol–water partition coefficient (Wildman–Crippen LogP) is 2.97. The van der Waals surface area contributed by atoms with Crippen LogP contribution in [0.5, 0.6) is 5.75 Å². The number of hydrogen-bond acceptors (Lipinski definition) is 7. The summed E-state index contributed by atoms with van der Waals surface area (Å²) in [6, 6.07) is 5.69. The molecule has 6 unspecified atom stereocenters. The van der Waals surface area contributed by atoms with Gasteiger partial charge in [0.15, 0.2) is 0 Å². The topological polar surface area (TPSA) is 113 Å². The third kappa shape index (κ3) is 4.34. The van der Waals surface area contributed by atoms with Gasteiger partial charge in [0.25, 0.3) is 0 Å². The fraction of sp³-hybridized carbons (Fsp3) is 0.583. The van der Waals surface area contributed by atoms with Gasteiger partial charge in [-0.05, 0) is 37.1 Å². The molecule has 0 heterocycles. The zero-order chi connectivity index (χ0) is 23.2. The van der Waals surface area contributed by atoms with Gasteiger partial charge in [0.2, 0.25) is 0 Å². The second-order valence-corrected chi connectivity index (χ2v) is 9.71. The monoisotopic (exact) mass is 432 g/mol. The first-order chi connectivity index (χ1) is 14.3. The summed E-state index contributed by atoms with van der Waals surface area (Å²) in [6.45, 7) is 8.55. The number of carbonyl (C=O) groups is 2. The third-order valence-electron chi connectivity index (χ3n) is 6.80. The number of fused-ring (bicyclic) bond motifs is 1. The van der Waals surface area contributed by atoms with Crippen molar-refractivity contribution in [1.29, 1.82) is 0 Å². The van der Waals surface area contributed by atoms with E-state index in [4.69, 9.17) is 9.47 Å². The van der Waals surface area contributed by atoms with Gasteiger partial charge in [0.1, 0.15) is 18.0 Å². The highest BCUT2D eigenvalue weighted by molar-refractivity contribution is 5.89. The van der Waals surface area contributed by atoms with Gasteiger partial charge in [0.05, 0.1) is 16.8 Å². The quantitative estimate of drug-likeness (QED) is 0.495. The second-order valence-electron chi connectivity index (χ2n) is 9.71. The van der Waals surface area contributed by atoms with E-state index in [2.05, 4.69) is 0 Å². The molecule has 7 heteroatoms. The Labute approximate surface area is 182 Å². The first-order valence-corrected chi connectivity index (χ1v) is 10.6. The Kier molecular flexibility index (Phi) is 5.97. The Balaban J connectivity index is 2.05. The smallest absolute Gasteiger partial charge is 0.338 e. The largest absolute Gasteiger partial charge is 0.508 e. The van der Waals surface area contributed by atoms with Crippen LogP contribution in [0.2, 0.25) is 0 Å². The Morgan fingerprint density at radius 1 is 1.03 bits per heavy atom. The molecule has 0 bridgehead atoms. The summed E-state index contributed by atoms with van der Waals surface area (Å²) in [5.41, 5.74) is -3.23. The van der Waals surface area contributed by atoms with Crippen LogP contribution >= 0.6 is 0 Å². The van der Waals surface area contributed by atoms with E-state index in [-0.39, 0.29) is 30.1 Å². The number of phenolic OH excluding ortho intramolecular Hbond substituents is 1. The minimum Gasteiger partial charge on any atom is -0.508 e. The van der Waals surface area contributed by atoms with E-state index in [1.807, 2.05) is 26.8 Å². The summed E-state index contributed by atoms with van der Waals surface area (Å²) in [4.78, 5) is 24.7. The third-order valence-corrected chi connectivity index (χ3v) is 6.80. The second kappa shape index (κ2) is 7.95. The standard InChI is InChI=1S/C24H32O7/c1-14(2)24(29)11-10-23(5)19(30-15(3)25)13-22(4,28)12-18(20(23)24)31-21(27)16-6-8-17(26)9-7-16/h6-11,14,18-20,26,28-29H,12-13H2,1-5H3. The molecule has 7 nitrogen and oxygen atoms in total. The first-order valence-electron chi connectivity index (χ1n) is 10.6. The molecule has 1 aromatic carbocycles. The van der Waals surface area contributed by atoms with E-state index in [0.29, 0.717) is 0 Å². The van der Waals surface area contributed by atoms with Crippen molar-refractivity contribution >= 4 is 11.9 Å². The molecule has 2 aliphatic rings. The molecule has 0 aliphatic heterocycles. The van der Waals surface area contributed by atoms with Crippen molar-refractivity contribution in [3.05, 3.63) is 42.0 Å². The van der Waals surface area contributed by atoms with Gasteiger partial charge in [-0.1, -0.05) is 32.9 Å². The van der Waals surface area contributed by atoms with Gasteiger partial charge in [-0.15, -0.1) is 0 Å². The minimum absolute atomic E-state index is 0.0277. The molecular formula is C24H32O7. The predicted molar refractivity (Wildman–Crippen MR) is 113 cm³/mol. The highest BCUT2D eigenvalue weighted by atomic mass is 16.6. The van der Waals surface area contributed by atoms with Crippen molar-refractivity contribution in [2.45, 2.75) is 70.9 Å². The number of carbonyl (C=O) groups excluding carboxylic acids is 2. The van der Waals surface area contributed by atoms with E-state index < -0.39 is 46.7 Å². The van der Waals surface area contributed by atoms with Gasteiger partial charge in [0, 0.05) is 31.1 Å². The lowest BCUT2D eigenvalue weighted by molar-refractivity contribution is -0.162. The van der Waals surface area contributed by atoms with Crippen molar-refractivity contribution in [2.24, 2.45) is 17.3 Å². The lowest BCUT2D eigenvalue weighted by atomic mass is 9.65. The van der Waals surface area contributed by atoms with Crippen LogP contribution in [0, 0.1) is 17.3 Å². The summed E-state index contributed by atoms with van der Waals surface area (Å²) >= 11 is 0. The molecule has 1 fully saturated rings. The fourth-order valence-electron chi connectivity index (χ4n) is 5.11. The molecular weight excluding hydrogens is 400 g/mol. The minimum atomic E-state index is -1.33. The summed E-state index contributed by atoms with van der Waals surface area (Å²) in [6.07, 6.45) is 2.21. The SMILES string of the molecule is CC(=O)OC1CC(C)(O)CC(OC(=O)c2ccc(O)cc2)C2C1(C)C=CC2(O)C(C)C. The van der Waals surface area contributed by atoms with Gasteiger partial charge in [-0.3, -0.25) is 4.79 Å². The highest BCUT2D eigenvalue weighted by Crippen LogP contribution is 2.56. The number of aromatic hydroxyl groups is 1. The van der Waals surface area contributed by atoms with Crippen LogP contribution in [0.15, 0.2) is 36.4 Å². The molecule has 1 saturated carbocycles. The summed E-state index contributed by atoms with van der Waals surface area (Å²) in [7, 11) is 0. The van der Waals surface area contributed by atoms with Crippen LogP contribution in [-0.4, -0.2) is 50.7 Å². The number of rotatable bonds is 4. The lowest BCUT2D eigenvalue weighted by Crippen LogP contribution is -2.53. The maximum Gasteiger partial charge on any atom is 0.338 e. The van der Waals surface area contributed by atoms with Crippen LogP contribution in [0.4, 0.5) is 0 Å². The molecule has 3 rings (SSSR count). The molecule has 0 amide bonds. The van der Waals surface area contributed by atoms with Crippen LogP contribution in [0.25, 0.3) is 0 Å². The maximum atomic E-state index is 12.9. The highest BCUT2D eigenvalue weighted by Gasteiger charge is 2.63. The molecule has 3 N–H and O–H groups in total. The van der Waals surface area contributed by atoms with E-state index in [9.17, 15) is 24.9 Å². The zero-order valence-corrected chi connectivity index (χ0v) is 18.7. The van der Waals surface area contributed by atoms with Crippen molar-refractivity contribution < 1.29 is 34.4 Å². The molecule has 0 radical (unpaired) electrons. The molecule has 170 valence electrons. The average Bonchev–Trinajstić information content (AvgIpc) is 2.89. The van der Waals surface area contributed by atoms with Crippen LogP contribution in [0.1, 0.15) is 57.8 Å². The molecule has 31 heavy (non-hydrogen) atoms.